The van der Waals surface area contributed by atoms with Crippen molar-refractivity contribution >= 4 is 23.4 Å². The second kappa shape index (κ2) is 4.66. The van der Waals surface area contributed by atoms with Crippen molar-refractivity contribution in [1.29, 1.82) is 0 Å². The lowest BCUT2D eigenvalue weighted by Gasteiger charge is -2.30. The van der Waals surface area contributed by atoms with E-state index in [1.54, 1.807) is 4.90 Å². The van der Waals surface area contributed by atoms with Gasteiger partial charge >= 0.3 is 0 Å². The normalized spacial score (nSPS) is 25.1. The topological polar surface area (TPSA) is 66.5 Å². The molecule has 5 nitrogen and oxygen atoms in total. The number of carbonyl (C=O) groups excluding carboxylic acids is 3. The second-order valence-electron chi connectivity index (χ2n) is 7.16. The van der Waals surface area contributed by atoms with Crippen LogP contribution >= 0.6 is 0 Å². The molecule has 1 aromatic carbocycles. The predicted octanol–water partition coefficient (Wildman–Crippen LogP) is 1.99. The number of nitrogens with zero attached hydrogens (tertiary/aromatic N) is 1. The molecule has 120 valence electrons. The van der Waals surface area contributed by atoms with Crippen LogP contribution < -0.4 is 10.2 Å². The van der Waals surface area contributed by atoms with E-state index in [9.17, 15) is 14.4 Å². The van der Waals surface area contributed by atoms with Crippen LogP contribution in [0, 0.1) is 0 Å². The van der Waals surface area contributed by atoms with E-state index in [2.05, 4.69) is 25.2 Å². The van der Waals surface area contributed by atoms with Crippen LogP contribution in [-0.2, 0) is 19.8 Å². The first-order chi connectivity index (χ1) is 10.9. The Bertz CT molecular complexity index is 734. The minimum absolute atomic E-state index is 0.0305. The molecular formula is C18H20N2O3. The first-order valence-corrected chi connectivity index (χ1v) is 8.26. The van der Waals surface area contributed by atoms with Gasteiger partial charge in [-0.05, 0) is 42.4 Å². The molecule has 2 aliphatic heterocycles. The molecule has 0 radical (unpaired) electrons. The van der Waals surface area contributed by atoms with Gasteiger partial charge in [-0.1, -0.05) is 26.0 Å². The highest BCUT2D eigenvalue weighted by atomic mass is 16.2. The number of imide groups is 1. The summed E-state index contributed by atoms with van der Waals surface area (Å²) in [5.41, 5.74) is 2.72. The average molecular weight is 312 g/mol. The van der Waals surface area contributed by atoms with Gasteiger partial charge in [0.25, 0.3) is 0 Å². The van der Waals surface area contributed by atoms with Gasteiger partial charge in [-0.2, -0.15) is 0 Å². The molecule has 1 N–H and O–H groups in total. The maximum atomic E-state index is 13.0. The highest BCUT2D eigenvalue weighted by Gasteiger charge is 2.61. The summed E-state index contributed by atoms with van der Waals surface area (Å²) in [4.78, 5) is 38.3. The Morgan fingerprint density at radius 2 is 1.96 bits per heavy atom. The SMILES string of the molecule is CC(C)c1ccc2c(c1)C1(CC1)C(=O)N2C1CCC(=O)NC1=O. The van der Waals surface area contributed by atoms with Crippen molar-refractivity contribution in [2.75, 3.05) is 4.90 Å². The van der Waals surface area contributed by atoms with E-state index in [1.807, 2.05) is 12.1 Å². The number of anilines is 1. The molecule has 1 saturated carbocycles. The molecular weight excluding hydrogens is 292 g/mol. The van der Waals surface area contributed by atoms with E-state index in [0.29, 0.717) is 12.3 Å². The molecule has 3 amide bonds. The molecule has 5 heteroatoms. The lowest BCUT2D eigenvalue weighted by atomic mass is 9.93. The maximum Gasteiger partial charge on any atom is 0.249 e. The molecule has 1 aliphatic carbocycles. The molecule has 0 aromatic heterocycles. The Hall–Kier alpha value is -2.17. The fourth-order valence-electron chi connectivity index (χ4n) is 3.81. The van der Waals surface area contributed by atoms with Gasteiger partial charge in [0, 0.05) is 12.1 Å². The number of rotatable bonds is 2. The number of piperidine rings is 1. The zero-order valence-corrected chi connectivity index (χ0v) is 13.4. The Labute approximate surface area is 135 Å². The van der Waals surface area contributed by atoms with Gasteiger partial charge in [0.2, 0.25) is 17.7 Å². The zero-order chi connectivity index (χ0) is 16.4. The van der Waals surface area contributed by atoms with Crippen LogP contribution in [-0.4, -0.2) is 23.8 Å². The first-order valence-electron chi connectivity index (χ1n) is 8.26. The minimum Gasteiger partial charge on any atom is -0.299 e. The zero-order valence-electron chi connectivity index (χ0n) is 13.4. The number of hydrogen-bond acceptors (Lipinski definition) is 3. The highest BCUT2D eigenvalue weighted by molar-refractivity contribution is 6.15. The van der Waals surface area contributed by atoms with Crippen LogP contribution in [0.5, 0.6) is 0 Å². The second-order valence-corrected chi connectivity index (χ2v) is 7.16. The van der Waals surface area contributed by atoms with Crippen LogP contribution in [0.25, 0.3) is 0 Å². The average Bonchev–Trinajstić information content (AvgIpc) is 3.27. The van der Waals surface area contributed by atoms with Gasteiger partial charge < -0.3 is 0 Å². The number of amides is 3. The molecule has 1 unspecified atom stereocenters. The van der Waals surface area contributed by atoms with Gasteiger partial charge in [-0.3, -0.25) is 24.6 Å². The summed E-state index contributed by atoms with van der Waals surface area (Å²) in [6.07, 6.45) is 2.39. The van der Waals surface area contributed by atoms with Crippen molar-refractivity contribution in [1.82, 2.24) is 5.32 Å². The summed E-state index contributed by atoms with van der Waals surface area (Å²) >= 11 is 0. The quantitative estimate of drug-likeness (QED) is 0.849. The van der Waals surface area contributed by atoms with Gasteiger partial charge in [0.1, 0.15) is 6.04 Å². The Kier molecular flexibility index (Phi) is 2.92. The number of nitrogens with one attached hydrogen (secondary N) is 1. The standard InChI is InChI=1S/C18H20N2O3/c1-10(2)11-3-4-13-12(9-11)18(7-8-18)17(23)20(13)14-5-6-15(21)19-16(14)22/h3-4,9-10,14H,5-8H2,1-2H3,(H,19,21,22). The Balaban J connectivity index is 1.78. The predicted molar refractivity (Wildman–Crippen MR) is 85.1 cm³/mol. The molecule has 1 spiro atoms. The summed E-state index contributed by atoms with van der Waals surface area (Å²) in [5.74, 6) is -0.181. The van der Waals surface area contributed by atoms with Gasteiger partial charge in [-0.25, -0.2) is 0 Å². The van der Waals surface area contributed by atoms with Crippen molar-refractivity contribution in [3.63, 3.8) is 0 Å². The van der Waals surface area contributed by atoms with Crippen molar-refractivity contribution < 1.29 is 14.4 Å². The molecule has 2 heterocycles. The van der Waals surface area contributed by atoms with Crippen molar-refractivity contribution in [2.45, 2.75) is 56.9 Å². The van der Waals surface area contributed by atoms with Crippen molar-refractivity contribution in [3.8, 4) is 0 Å². The summed E-state index contributed by atoms with van der Waals surface area (Å²) in [6, 6.07) is 5.58. The van der Waals surface area contributed by atoms with E-state index in [-0.39, 0.29) is 24.1 Å². The van der Waals surface area contributed by atoms with Crippen molar-refractivity contribution in [2.24, 2.45) is 0 Å². The van der Waals surface area contributed by atoms with E-state index in [1.165, 1.54) is 5.56 Å². The number of fused-ring (bicyclic) bond motifs is 2. The third-order valence-corrected chi connectivity index (χ3v) is 5.36. The Morgan fingerprint density at radius 3 is 2.57 bits per heavy atom. The fraction of sp³-hybridized carbons (Fsp3) is 0.500. The summed E-state index contributed by atoms with van der Waals surface area (Å²) in [7, 11) is 0. The molecule has 1 saturated heterocycles. The summed E-state index contributed by atoms with van der Waals surface area (Å²) < 4.78 is 0. The van der Waals surface area contributed by atoms with Crippen LogP contribution in [0.4, 0.5) is 5.69 Å². The number of carbonyl (C=O) groups is 3. The van der Waals surface area contributed by atoms with Crippen LogP contribution in [0.2, 0.25) is 0 Å². The highest BCUT2D eigenvalue weighted by Crippen LogP contribution is 2.58. The van der Waals surface area contributed by atoms with Gasteiger partial charge in [-0.15, -0.1) is 0 Å². The van der Waals surface area contributed by atoms with E-state index < -0.39 is 11.5 Å². The lowest BCUT2D eigenvalue weighted by molar-refractivity contribution is -0.135. The molecule has 3 aliphatic rings. The first kappa shape index (κ1) is 14.4. The monoisotopic (exact) mass is 312 g/mol. The van der Waals surface area contributed by atoms with Crippen LogP contribution in [0.1, 0.15) is 56.6 Å². The Morgan fingerprint density at radius 1 is 1.22 bits per heavy atom. The molecule has 1 atom stereocenters. The third kappa shape index (κ3) is 1.95. The van der Waals surface area contributed by atoms with Gasteiger partial charge in [0.05, 0.1) is 5.41 Å². The summed E-state index contributed by atoms with van der Waals surface area (Å²) in [6.45, 7) is 4.27. The lowest BCUT2D eigenvalue weighted by Crippen LogP contribution is -2.54. The van der Waals surface area contributed by atoms with Crippen LogP contribution in [0.3, 0.4) is 0 Å². The van der Waals surface area contributed by atoms with E-state index in [4.69, 9.17) is 0 Å². The smallest absolute Gasteiger partial charge is 0.249 e. The fourth-order valence-corrected chi connectivity index (χ4v) is 3.81. The summed E-state index contributed by atoms with van der Waals surface area (Å²) in [5, 5.41) is 2.36. The van der Waals surface area contributed by atoms with Crippen molar-refractivity contribution in [3.05, 3.63) is 29.3 Å². The minimum atomic E-state index is -0.566. The van der Waals surface area contributed by atoms with Crippen LogP contribution in [0.15, 0.2) is 18.2 Å². The molecule has 0 bridgehead atoms. The van der Waals surface area contributed by atoms with Gasteiger partial charge in [0.15, 0.2) is 0 Å². The number of benzene rings is 1. The third-order valence-electron chi connectivity index (χ3n) is 5.36. The molecule has 23 heavy (non-hydrogen) atoms. The largest absolute Gasteiger partial charge is 0.299 e. The van der Waals surface area contributed by atoms with E-state index >= 15 is 0 Å². The molecule has 2 fully saturated rings. The number of hydrogen-bond donors (Lipinski definition) is 1. The molecule has 4 rings (SSSR count). The molecule has 1 aromatic rings. The maximum absolute atomic E-state index is 13.0. The van der Waals surface area contributed by atoms with E-state index in [0.717, 1.165) is 24.1 Å².